The van der Waals surface area contributed by atoms with Crippen LogP contribution in [0.4, 0.5) is 4.39 Å². The van der Waals surface area contributed by atoms with Gasteiger partial charge >= 0.3 is 0 Å². The molecule has 5 nitrogen and oxygen atoms in total. The zero-order chi connectivity index (χ0) is 18.6. The molecule has 2 rings (SSSR count). The number of guanidine groups is 1. The van der Waals surface area contributed by atoms with E-state index >= 15 is 0 Å². The van der Waals surface area contributed by atoms with Gasteiger partial charge in [0, 0.05) is 32.6 Å². The third-order valence-corrected chi connectivity index (χ3v) is 4.62. The van der Waals surface area contributed by atoms with Gasteiger partial charge in [0.05, 0.1) is 0 Å². The van der Waals surface area contributed by atoms with Gasteiger partial charge in [-0.05, 0) is 49.8 Å². The highest BCUT2D eigenvalue weighted by molar-refractivity contribution is 5.80. The lowest BCUT2D eigenvalue weighted by Gasteiger charge is -2.13. The molecule has 0 unspecified atom stereocenters. The van der Waals surface area contributed by atoms with Gasteiger partial charge in [-0.15, -0.1) is 0 Å². The number of hydrogen-bond acceptors (Lipinski definition) is 2. The van der Waals surface area contributed by atoms with Crippen LogP contribution >= 0.6 is 0 Å². The van der Waals surface area contributed by atoms with Gasteiger partial charge in [0.1, 0.15) is 5.82 Å². The van der Waals surface area contributed by atoms with Crippen molar-refractivity contribution in [2.24, 2.45) is 10.9 Å². The Morgan fingerprint density at radius 1 is 1.12 bits per heavy atom. The topological polar surface area (TPSA) is 65.5 Å². The van der Waals surface area contributed by atoms with E-state index in [9.17, 15) is 9.18 Å². The molecule has 6 heteroatoms. The third-order valence-electron chi connectivity index (χ3n) is 4.62. The first-order chi connectivity index (χ1) is 12.7. The number of nitrogens with zero attached hydrogens (tertiary/aromatic N) is 1. The summed E-state index contributed by atoms with van der Waals surface area (Å²) in [7, 11) is 0. The molecule has 3 N–H and O–H groups in total. The van der Waals surface area contributed by atoms with Gasteiger partial charge in [-0.1, -0.05) is 25.0 Å². The second-order valence-electron chi connectivity index (χ2n) is 6.77. The molecule has 0 heterocycles. The van der Waals surface area contributed by atoms with Crippen molar-refractivity contribution in [2.75, 3.05) is 26.2 Å². The summed E-state index contributed by atoms with van der Waals surface area (Å²) in [6, 6.07) is 6.50. The van der Waals surface area contributed by atoms with Crippen LogP contribution in [-0.4, -0.2) is 38.0 Å². The Morgan fingerprint density at radius 2 is 1.81 bits per heavy atom. The maximum absolute atomic E-state index is 12.9. The monoisotopic (exact) mass is 362 g/mol. The number of hydrogen-bond donors (Lipinski definition) is 3. The maximum atomic E-state index is 12.9. The number of aliphatic imine (C=N–C) groups is 1. The van der Waals surface area contributed by atoms with E-state index < -0.39 is 0 Å². The molecule has 0 bridgehead atoms. The molecule has 1 aliphatic carbocycles. The van der Waals surface area contributed by atoms with E-state index in [1.165, 1.54) is 37.8 Å². The molecule has 1 amide bonds. The molecule has 1 aromatic rings. The summed E-state index contributed by atoms with van der Waals surface area (Å²) >= 11 is 0. The van der Waals surface area contributed by atoms with Crippen molar-refractivity contribution < 1.29 is 9.18 Å². The first-order valence-electron chi connectivity index (χ1n) is 9.70. The Balaban J connectivity index is 1.64. The fourth-order valence-electron chi connectivity index (χ4n) is 3.22. The van der Waals surface area contributed by atoms with E-state index in [0.717, 1.165) is 24.5 Å². The van der Waals surface area contributed by atoms with Crippen molar-refractivity contribution in [3.63, 3.8) is 0 Å². The fraction of sp³-hybridized carbons (Fsp3) is 0.600. The van der Waals surface area contributed by atoms with E-state index in [4.69, 9.17) is 0 Å². The maximum Gasteiger partial charge on any atom is 0.220 e. The van der Waals surface area contributed by atoms with Crippen molar-refractivity contribution in [1.82, 2.24) is 16.0 Å². The molecule has 26 heavy (non-hydrogen) atoms. The Bertz CT molecular complexity index is 568. The van der Waals surface area contributed by atoms with Crippen LogP contribution in [0, 0.1) is 11.7 Å². The second-order valence-corrected chi connectivity index (χ2v) is 6.77. The Labute approximate surface area is 155 Å². The van der Waals surface area contributed by atoms with Gasteiger partial charge in [0.25, 0.3) is 0 Å². The zero-order valence-electron chi connectivity index (χ0n) is 15.7. The Hall–Kier alpha value is -2.11. The van der Waals surface area contributed by atoms with Crippen LogP contribution in [0.3, 0.4) is 0 Å². The molecular weight excluding hydrogens is 331 g/mol. The smallest absolute Gasteiger partial charge is 0.220 e. The lowest BCUT2D eigenvalue weighted by atomic mass is 10.0. The van der Waals surface area contributed by atoms with Crippen molar-refractivity contribution in [1.29, 1.82) is 0 Å². The van der Waals surface area contributed by atoms with Crippen molar-refractivity contribution in [3.05, 3.63) is 35.6 Å². The number of halogens is 1. The lowest BCUT2D eigenvalue weighted by molar-refractivity contribution is -0.121. The van der Waals surface area contributed by atoms with E-state index in [-0.39, 0.29) is 11.7 Å². The van der Waals surface area contributed by atoms with Crippen LogP contribution in [0.15, 0.2) is 29.3 Å². The summed E-state index contributed by atoms with van der Waals surface area (Å²) in [5, 5.41) is 9.39. The number of nitrogens with one attached hydrogen (secondary N) is 3. The van der Waals surface area contributed by atoms with E-state index in [1.807, 2.05) is 6.92 Å². The first kappa shape index (κ1) is 20.2. The standard InChI is InChI=1S/C20H31FN4O/c1-2-22-20(24-12-11-16-7-9-18(21)10-8-16)25-14-13-23-19(26)15-17-5-3-4-6-17/h7-10,17H,2-6,11-15H2,1H3,(H,23,26)(H2,22,24,25). The van der Waals surface area contributed by atoms with Crippen molar-refractivity contribution in [2.45, 2.75) is 45.4 Å². The summed E-state index contributed by atoms with van der Waals surface area (Å²) in [4.78, 5) is 16.4. The van der Waals surface area contributed by atoms with Gasteiger partial charge in [-0.25, -0.2) is 4.39 Å². The SMILES string of the molecule is CCNC(=NCCc1ccc(F)cc1)NCCNC(=O)CC1CCCC1. The Morgan fingerprint density at radius 3 is 2.50 bits per heavy atom. The van der Waals surface area contributed by atoms with Gasteiger partial charge in [0.15, 0.2) is 5.96 Å². The molecule has 144 valence electrons. The molecule has 0 aromatic heterocycles. The highest BCUT2D eigenvalue weighted by Crippen LogP contribution is 2.27. The van der Waals surface area contributed by atoms with Crippen molar-refractivity contribution >= 4 is 11.9 Å². The van der Waals surface area contributed by atoms with Crippen molar-refractivity contribution in [3.8, 4) is 0 Å². The average molecular weight is 362 g/mol. The predicted molar refractivity (Wildman–Crippen MR) is 104 cm³/mol. The second kappa shape index (κ2) is 11.5. The lowest BCUT2D eigenvalue weighted by Crippen LogP contribution is -2.41. The number of amides is 1. The van der Waals surface area contributed by atoms with Gasteiger partial charge < -0.3 is 16.0 Å². The average Bonchev–Trinajstić information content (AvgIpc) is 3.13. The molecule has 0 spiro atoms. The van der Waals surface area contributed by atoms with Gasteiger partial charge in [-0.3, -0.25) is 9.79 Å². The largest absolute Gasteiger partial charge is 0.357 e. The predicted octanol–water partition coefficient (Wildman–Crippen LogP) is 2.62. The molecule has 1 aromatic carbocycles. The van der Waals surface area contributed by atoms with Gasteiger partial charge in [0.2, 0.25) is 5.91 Å². The highest BCUT2D eigenvalue weighted by Gasteiger charge is 2.17. The molecule has 0 atom stereocenters. The quantitative estimate of drug-likeness (QED) is 0.359. The molecule has 1 saturated carbocycles. The van der Waals surface area contributed by atoms with Crippen LogP contribution in [0.2, 0.25) is 0 Å². The summed E-state index contributed by atoms with van der Waals surface area (Å²) in [5.41, 5.74) is 1.06. The highest BCUT2D eigenvalue weighted by atomic mass is 19.1. The first-order valence-corrected chi connectivity index (χ1v) is 9.70. The van der Waals surface area contributed by atoms with Crippen LogP contribution in [-0.2, 0) is 11.2 Å². The number of carbonyl (C=O) groups excluding carboxylic acids is 1. The van der Waals surface area contributed by atoms with E-state index in [2.05, 4.69) is 20.9 Å². The van der Waals surface area contributed by atoms with Crippen LogP contribution in [0.5, 0.6) is 0 Å². The third kappa shape index (κ3) is 7.85. The van der Waals surface area contributed by atoms with Crippen LogP contribution in [0.1, 0.15) is 44.6 Å². The fourth-order valence-corrected chi connectivity index (χ4v) is 3.22. The number of benzene rings is 1. The summed E-state index contributed by atoms with van der Waals surface area (Å²) in [5.74, 6) is 1.24. The number of rotatable bonds is 9. The van der Waals surface area contributed by atoms with Crippen LogP contribution < -0.4 is 16.0 Å². The minimum absolute atomic E-state index is 0.150. The van der Waals surface area contributed by atoms with Crippen LogP contribution in [0.25, 0.3) is 0 Å². The number of carbonyl (C=O) groups is 1. The summed E-state index contributed by atoms with van der Waals surface area (Å²) in [6.07, 6.45) is 6.33. The minimum Gasteiger partial charge on any atom is -0.357 e. The van der Waals surface area contributed by atoms with E-state index in [0.29, 0.717) is 32.0 Å². The zero-order valence-corrected chi connectivity index (χ0v) is 15.7. The normalized spacial score (nSPS) is 15.1. The summed E-state index contributed by atoms with van der Waals surface area (Å²) < 4.78 is 12.9. The molecule has 1 fully saturated rings. The Kier molecular flexibility index (Phi) is 8.93. The van der Waals surface area contributed by atoms with Gasteiger partial charge in [-0.2, -0.15) is 0 Å². The molecular formula is C20H31FN4O. The molecule has 0 radical (unpaired) electrons. The minimum atomic E-state index is -0.220. The molecule has 0 saturated heterocycles. The van der Waals surface area contributed by atoms with E-state index in [1.54, 1.807) is 12.1 Å². The molecule has 1 aliphatic rings. The molecule has 0 aliphatic heterocycles. The summed E-state index contributed by atoms with van der Waals surface area (Å²) in [6.45, 7) is 4.64.